The Morgan fingerprint density at radius 3 is 2.50 bits per heavy atom. The van der Waals surface area contributed by atoms with Crippen molar-refractivity contribution in [3.05, 3.63) is 72.3 Å². The molecule has 2 aromatic carbocycles. The number of para-hydroxylation sites is 1. The van der Waals surface area contributed by atoms with E-state index in [0.717, 1.165) is 28.7 Å². The van der Waals surface area contributed by atoms with Crippen molar-refractivity contribution in [2.75, 3.05) is 0 Å². The van der Waals surface area contributed by atoms with Crippen LogP contribution in [0.3, 0.4) is 0 Å². The molecule has 0 heterocycles. The highest BCUT2D eigenvalue weighted by atomic mass is 16.3. The standard InChI is InChI=1S/C19H20O/c1-3-4-6-10-15(2)17-13-9-14-18(19(17)20)16-11-7-5-8-12-16/h4-14,20H,3H2,1-2H3. The molecular weight excluding hydrogens is 244 g/mol. The Labute approximate surface area is 120 Å². The Bertz CT molecular complexity index is 621. The number of hydrogen-bond acceptors (Lipinski definition) is 1. The molecule has 0 saturated carbocycles. The minimum absolute atomic E-state index is 0.345. The van der Waals surface area contributed by atoms with E-state index in [4.69, 9.17) is 0 Å². The van der Waals surface area contributed by atoms with Gasteiger partial charge in [-0.3, -0.25) is 0 Å². The molecule has 1 heteroatoms. The van der Waals surface area contributed by atoms with Gasteiger partial charge in [-0.25, -0.2) is 0 Å². The highest BCUT2D eigenvalue weighted by molar-refractivity contribution is 5.80. The lowest BCUT2D eigenvalue weighted by Gasteiger charge is -2.10. The van der Waals surface area contributed by atoms with Crippen LogP contribution in [0.25, 0.3) is 16.7 Å². The number of phenolic OH excluding ortho intramolecular Hbond substituents is 1. The summed E-state index contributed by atoms with van der Waals surface area (Å²) >= 11 is 0. The van der Waals surface area contributed by atoms with E-state index < -0.39 is 0 Å². The first-order valence-corrected chi connectivity index (χ1v) is 6.95. The van der Waals surface area contributed by atoms with Gasteiger partial charge in [0.2, 0.25) is 0 Å². The van der Waals surface area contributed by atoms with Crippen molar-refractivity contribution in [1.82, 2.24) is 0 Å². The van der Waals surface area contributed by atoms with Crippen molar-refractivity contribution >= 4 is 5.57 Å². The second kappa shape index (κ2) is 6.76. The van der Waals surface area contributed by atoms with E-state index in [1.165, 1.54) is 0 Å². The normalized spacial score (nSPS) is 12.0. The largest absolute Gasteiger partial charge is 0.507 e. The van der Waals surface area contributed by atoms with Crippen molar-refractivity contribution in [3.63, 3.8) is 0 Å². The highest BCUT2D eigenvalue weighted by Crippen LogP contribution is 2.35. The maximum absolute atomic E-state index is 10.5. The van der Waals surface area contributed by atoms with Gasteiger partial charge in [-0.2, -0.15) is 0 Å². The van der Waals surface area contributed by atoms with E-state index in [9.17, 15) is 5.11 Å². The molecule has 1 N–H and O–H groups in total. The van der Waals surface area contributed by atoms with Gasteiger partial charge in [-0.05, 0) is 24.5 Å². The fourth-order valence-corrected chi connectivity index (χ4v) is 2.15. The Morgan fingerprint density at radius 2 is 1.80 bits per heavy atom. The zero-order chi connectivity index (χ0) is 14.4. The van der Waals surface area contributed by atoms with Crippen molar-refractivity contribution in [2.45, 2.75) is 20.3 Å². The third-order valence-corrected chi connectivity index (χ3v) is 3.26. The number of allylic oxidation sites excluding steroid dienone is 4. The summed E-state index contributed by atoms with van der Waals surface area (Å²) in [6.07, 6.45) is 7.18. The van der Waals surface area contributed by atoms with Crippen LogP contribution < -0.4 is 0 Å². The lowest BCUT2D eigenvalue weighted by atomic mass is 9.98. The van der Waals surface area contributed by atoms with Crippen LogP contribution >= 0.6 is 0 Å². The van der Waals surface area contributed by atoms with Gasteiger partial charge < -0.3 is 5.11 Å². The summed E-state index contributed by atoms with van der Waals surface area (Å²) in [6, 6.07) is 15.8. The smallest absolute Gasteiger partial charge is 0.130 e. The molecule has 0 aliphatic heterocycles. The summed E-state index contributed by atoms with van der Waals surface area (Å²) in [5, 5.41) is 10.5. The minimum atomic E-state index is 0.345. The molecule has 2 aromatic rings. The molecule has 0 atom stereocenters. The fourth-order valence-electron chi connectivity index (χ4n) is 2.15. The van der Waals surface area contributed by atoms with E-state index in [-0.39, 0.29) is 0 Å². The first-order chi connectivity index (χ1) is 9.74. The Kier molecular flexibility index (Phi) is 4.78. The Morgan fingerprint density at radius 1 is 1.05 bits per heavy atom. The first-order valence-electron chi connectivity index (χ1n) is 6.95. The summed E-state index contributed by atoms with van der Waals surface area (Å²) in [7, 11) is 0. The van der Waals surface area contributed by atoms with Crippen molar-refractivity contribution < 1.29 is 5.11 Å². The van der Waals surface area contributed by atoms with E-state index in [1.807, 2.05) is 67.6 Å². The van der Waals surface area contributed by atoms with Crippen molar-refractivity contribution in [1.29, 1.82) is 0 Å². The molecule has 0 saturated heterocycles. The second-order valence-corrected chi connectivity index (χ2v) is 4.75. The Hall–Kier alpha value is -2.28. The van der Waals surface area contributed by atoms with Gasteiger partial charge in [0.1, 0.15) is 5.75 Å². The van der Waals surface area contributed by atoms with Gasteiger partial charge in [0.25, 0.3) is 0 Å². The third kappa shape index (κ3) is 3.18. The van der Waals surface area contributed by atoms with E-state index >= 15 is 0 Å². The van der Waals surface area contributed by atoms with Crippen LogP contribution in [0.15, 0.2) is 66.8 Å². The topological polar surface area (TPSA) is 20.2 Å². The Balaban J connectivity index is 2.43. The minimum Gasteiger partial charge on any atom is -0.507 e. The van der Waals surface area contributed by atoms with Crippen LogP contribution in [-0.4, -0.2) is 5.11 Å². The maximum Gasteiger partial charge on any atom is 0.130 e. The van der Waals surface area contributed by atoms with Crippen LogP contribution in [0.5, 0.6) is 5.75 Å². The van der Waals surface area contributed by atoms with Gasteiger partial charge in [0, 0.05) is 11.1 Å². The average molecular weight is 264 g/mol. The van der Waals surface area contributed by atoms with E-state index in [1.54, 1.807) is 0 Å². The summed E-state index contributed by atoms with van der Waals surface area (Å²) in [5.74, 6) is 0.345. The van der Waals surface area contributed by atoms with Crippen LogP contribution in [0.1, 0.15) is 25.8 Å². The number of aromatic hydroxyl groups is 1. The molecule has 0 fully saturated rings. The molecule has 0 spiro atoms. The number of rotatable bonds is 4. The molecule has 1 nitrogen and oxygen atoms in total. The molecule has 0 aliphatic rings. The predicted octanol–water partition coefficient (Wildman–Crippen LogP) is 5.43. The number of benzene rings is 2. The lowest BCUT2D eigenvalue weighted by molar-refractivity contribution is 0.475. The zero-order valence-corrected chi connectivity index (χ0v) is 12.0. The predicted molar refractivity (Wildman–Crippen MR) is 86.6 cm³/mol. The molecule has 20 heavy (non-hydrogen) atoms. The van der Waals surface area contributed by atoms with Gasteiger partial charge in [-0.15, -0.1) is 0 Å². The number of phenols is 1. The molecule has 0 aromatic heterocycles. The SMILES string of the molecule is CCC=CC=C(C)c1cccc(-c2ccccc2)c1O. The molecule has 102 valence electrons. The first kappa shape index (κ1) is 14.1. The van der Waals surface area contributed by atoms with E-state index in [2.05, 4.69) is 13.0 Å². The molecule has 0 amide bonds. The van der Waals surface area contributed by atoms with Crippen molar-refractivity contribution in [2.24, 2.45) is 0 Å². The summed E-state index contributed by atoms with van der Waals surface area (Å²) in [5.41, 5.74) is 3.84. The average Bonchev–Trinajstić information content (AvgIpc) is 2.48. The zero-order valence-electron chi connectivity index (χ0n) is 12.0. The van der Waals surface area contributed by atoms with Crippen molar-refractivity contribution in [3.8, 4) is 16.9 Å². The monoisotopic (exact) mass is 264 g/mol. The van der Waals surface area contributed by atoms with Gasteiger partial charge in [-0.1, -0.05) is 73.7 Å². The maximum atomic E-state index is 10.5. The third-order valence-electron chi connectivity index (χ3n) is 3.26. The summed E-state index contributed by atoms with van der Waals surface area (Å²) in [4.78, 5) is 0. The fraction of sp³-hybridized carbons (Fsp3) is 0.158. The van der Waals surface area contributed by atoms with Gasteiger partial charge >= 0.3 is 0 Å². The van der Waals surface area contributed by atoms with Crippen LogP contribution in [0.4, 0.5) is 0 Å². The van der Waals surface area contributed by atoms with Gasteiger partial charge in [0.05, 0.1) is 0 Å². The van der Waals surface area contributed by atoms with E-state index in [0.29, 0.717) is 5.75 Å². The molecular formula is C19H20O. The lowest BCUT2D eigenvalue weighted by Crippen LogP contribution is -1.85. The quantitative estimate of drug-likeness (QED) is 0.730. The van der Waals surface area contributed by atoms with Crippen LogP contribution in [0, 0.1) is 0 Å². The summed E-state index contributed by atoms with van der Waals surface area (Å²) in [6.45, 7) is 4.12. The molecule has 0 radical (unpaired) electrons. The second-order valence-electron chi connectivity index (χ2n) is 4.75. The van der Waals surface area contributed by atoms with Crippen LogP contribution in [0.2, 0.25) is 0 Å². The highest BCUT2D eigenvalue weighted by Gasteiger charge is 2.09. The van der Waals surface area contributed by atoms with Gasteiger partial charge in [0.15, 0.2) is 0 Å². The van der Waals surface area contributed by atoms with Crippen LogP contribution in [-0.2, 0) is 0 Å². The molecule has 2 rings (SSSR count). The molecule has 0 aliphatic carbocycles. The summed E-state index contributed by atoms with van der Waals surface area (Å²) < 4.78 is 0. The number of hydrogen-bond donors (Lipinski definition) is 1. The molecule has 0 bridgehead atoms. The molecule has 0 unspecified atom stereocenters.